The van der Waals surface area contributed by atoms with Crippen LogP contribution in [0.5, 0.6) is 0 Å². The van der Waals surface area contributed by atoms with Crippen LogP contribution in [0, 0.1) is 6.92 Å². The van der Waals surface area contributed by atoms with E-state index < -0.39 is 0 Å². The lowest BCUT2D eigenvalue weighted by molar-refractivity contribution is 0.199. The minimum absolute atomic E-state index is 0.515. The lowest BCUT2D eigenvalue weighted by Gasteiger charge is -2.31. The number of nitrogens with zero attached hydrogens (tertiary/aromatic N) is 6. The van der Waals surface area contributed by atoms with Gasteiger partial charge in [0.05, 0.1) is 5.69 Å². The third kappa shape index (κ3) is 3.65. The smallest absolute Gasteiger partial charge is 0.115 e. The number of hydrogen-bond acceptors (Lipinski definition) is 5. The molecule has 0 bridgehead atoms. The standard InChI is InChI=1S/C20H24N6/c1-15-9-17(18-11-21-14-22-12-18)10-20(24-15)16-4-7-26(8-5-16)13-19-3-6-23-25(19)2/h3,6,9-12,14,16H,4-5,7-8,13H2,1-2H3. The maximum atomic E-state index is 4.82. The summed E-state index contributed by atoms with van der Waals surface area (Å²) >= 11 is 0. The van der Waals surface area contributed by atoms with E-state index in [2.05, 4.69) is 45.1 Å². The van der Waals surface area contributed by atoms with Gasteiger partial charge in [-0.15, -0.1) is 0 Å². The van der Waals surface area contributed by atoms with E-state index >= 15 is 0 Å². The maximum absolute atomic E-state index is 4.82. The molecule has 1 aliphatic rings. The first-order valence-corrected chi connectivity index (χ1v) is 9.12. The van der Waals surface area contributed by atoms with Gasteiger partial charge in [-0.2, -0.15) is 5.10 Å². The molecule has 6 nitrogen and oxygen atoms in total. The predicted octanol–water partition coefficient (Wildman–Crippen LogP) is 2.96. The lowest BCUT2D eigenvalue weighted by Crippen LogP contribution is -2.33. The Balaban J connectivity index is 1.46. The van der Waals surface area contributed by atoms with Gasteiger partial charge in [-0.3, -0.25) is 14.6 Å². The topological polar surface area (TPSA) is 59.7 Å². The van der Waals surface area contributed by atoms with Crippen LogP contribution in [-0.2, 0) is 13.6 Å². The number of pyridine rings is 1. The molecule has 0 aliphatic carbocycles. The second-order valence-electron chi connectivity index (χ2n) is 7.05. The lowest BCUT2D eigenvalue weighted by atomic mass is 9.91. The number of aryl methyl sites for hydroxylation is 2. The summed E-state index contributed by atoms with van der Waals surface area (Å²) in [5.74, 6) is 0.515. The molecular weight excluding hydrogens is 324 g/mol. The average molecular weight is 348 g/mol. The SMILES string of the molecule is Cc1cc(-c2cncnc2)cc(C2CCN(Cc3ccnn3C)CC2)n1. The fourth-order valence-corrected chi connectivity index (χ4v) is 3.69. The van der Waals surface area contributed by atoms with Crippen LogP contribution in [0.4, 0.5) is 0 Å². The van der Waals surface area contributed by atoms with Crippen molar-refractivity contribution in [3.05, 3.63) is 60.2 Å². The van der Waals surface area contributed by atoms with Crippen LogP contribution in [0.1, 0.15) is 35.8 Å². The minimum atomic E-state index is 0.515. The Morgan fingerprint density at radius 3 is 2.54 bits per heavy atom. The van der Waals surface area contributed by atoms with E-state index in [9.17, 15) is 0 Å². The quantitative estimate of drug-likeness (QED) is 0.725. The first kappa shape index (κ1) is 16.8. The highest BCUT2D eigenvalue weighted by Gasteiger charge is 2.23. The largest absolute Gasteiger partial charge is 0.297 e. The third-order valence-electron chi connectivity index (χ3n) is 5.18. The van der Waals surface area contributed by atoms with Crippen molar-refractivity contribution in [2.45, 2.75) is 32.2 Å². The average Bonchev–Trinajstić information content (AvgIpc) is 3.07. The van der Waals surface area contributed by atoms with Crippen molar-refractivity contribution < 1.29 is 0 Å². The molecule has 1 fully saturated rings. The van der Waals surface area contributed by atoms with E-state index in [1.165, 1.54) is 11.4 Å². The van der Waals surface area contributed by atoms with E-state index in [0.717, 1.165) is 49.3 Å². The Kier molecular flexibility index (Phi) is 4.75. The second kappa shape index (κ2) is 7.33. The fraction of sp³-hybridized carbons (Fsp3) is 0.400. The van der Waals surface area contributed by atoms with Crippen LogP contribution >= 0.6 is 0 Å². The first-order valence-electron chi connectivity index (χ1n) is 9.12. The Morgan fingerprint density at radius 1 is 1.08 bits per heavy atom. The Labute approximate surface area is 153 Å². The summed E-state index contributed by atoms with van der Waals surface area (Å²) in [6.45, 7) is 5.22. The zero-order valence-corrected chi connectivity index (χ0v) is 15.3. The van der Waals surface area contributed by atoms with Crippen molar-refractivity contribution in [2.24, 2.45) is 7.05 Å². The van der Waals surface area contributed by atoms with E-state index in [1.807, 2.05) is 30.3 Å². The first-order chi connectivity index (χ1) is 12.7. The molecule has 0 amide bonds. The van der Waals surface area contributed by atoms with Gasteiger partial charge in [-0.05, 0) is 56.6 Å². The molecule has 0 radical (unpaired) electrons. The zero-order valence-electron chi connectivity index (χ0n) is 15.3. The summed E-state index contributed by atoms with van der Waals surface area (Å²) in [5, 5.41) is 4.26. The third-order valence-corrected chi connectivity index (χ3v) is 5.18. The van der Waals surface area contributed by atoms with Gasteiger partial charge in [0.2, 0.25) is 0 Å². The molecule has 0 aromatic carbocycles. The van der Waals surface area contributed by atoms with Gasteiger partial charge in [0.15, 0.2) is 0 Å². The van der Waals surface area contributed by atoms with E-state index in [1.54, 1.807) is 6.33 Å². The molecule has 1 aliphatic heterocycles. The van der Waals surface area contributed by atoms with E-state index in [4.69, 9.17) is 4.98 Å². The van der Waals surface area contributed by atoms with Crippen molar-refractivity contribution in [1.29, 1.82) is 0 Å². The van der Waals surface area contributed by atoms with Gasteiger partial charge in [0.1, 0.15) is 6.33 Å². The minimum Gasteiger partial charge on any atom is -0.297 e. The normalized spacial score (nSPS) is 16.1. The summed E-state index contributed by atoms with van der Waals surface area (Å²) in [5.41, 5.74) is 5.73. The highest BCUT2D eigenvalue weighted by molar-refractivity contribution is 5.62. The summed E-state index contributed by atoms with van der Waals surface area (Å²) in [6, 6.07) is 6.43. The predicted molar refractivity (Wildman–Crippen MR) is 100 cm³/mol. The van der Waals surface area contributed by atoms with Crippen LogP contribution < -0.4 is 0 Å². The van der Waals surface area contributed by atoms with Crippen LogP contribution in [-0.4, -0.2) is 42.7 Å². The number of aromatic nitrogens is 5. The molecule has 4 rings (SSSR count). The molecule has 0 N–H and O–H groups in total. The van der Waals surface area contributed by atoms with Crippen molar-refractivity contribution in [3.63, 3.8) is 0 Å². The van der Waals surface area contributed by atoms with Gasteiger partial charge in [-0.25, -0.2) is 9.97 Å². The molecule has 0 spiro atoms. The number of piperidine rings is 1. The molecule has 0 unspecified atom stereocenters. The fourth-order valence-electron chi connectivity index (χ4n) is 3.69. The molecule has 6 heteroatoms. The van der Waals surface area contributed by atoms with Gasteiger partial charge in [0, 0.05) is 55.1 Å². The second-order valence-corrected chi connectivity index (χ2v) is 7.05. The Hall–Kier alpha value is -2.60. The molecular formula is C20H24N6. The summed E-state index contributed by atoms with van der Waals surface area (Å²) in [6.07, 6.45) is 9.44. The molecule has 0 atom stereocenters. The molecule has 0 saturated carbocycles. The Morgan fingerprint density at radius 2 is 1.85 bits per heavy atom. The summed E-state index contributed by atoms with van der Waals surface area (Å²) < 4.78 is 1.96. The van der Waals surface area contributed by atoms with E-state index in [-0.39, 0.29) is 0 Å². The maximum Gasteiger partial charge on any atom is 0.115 e. The molecule has 26 heavy (non-hydrogen) atoms. The van der Waals surface area contributed by atoms with Crippen molar-refractivity contribution in [2.75, 3.05) is 13.1 Å². The molecule has 3 aromatic rings. The van der Waals surface area contributed by atoms with Crippen molar-refractivity contribution in [1.82, 2.24) is 29.6 Å². The van der Waals surface area contributed by atoms with Crippen LogP contribution in [0.3, 0.4) is 0 Å². The summed E-state index contributed by atoms with van der Waals surface area (Å²) in [7, 11) is 2.01. The molecule has 134 valence electrons. The molecule has 1 saturated heterocycles. The van der Waals surface area contributed by atoms with Gasteiger partial charge < -0.3 is 0 Å². The monoisotopic (exact) mass is 348 g/mol. The Bertz CT molecular complexity index is 865. The van der Waals surface area contributed by atoms with E-state index in [0.29, 0.717) is 5.92 Å². The van der Waals surface area contributed by atoms with Gasteiger partial charge in [-0.1, -0.05) is 0 Å². The zero-order chi connectivity index (χ0) is 17.9. The highest BCUT2D eigenvalue weighted by atomic mass is 15.3. The van der Waals surface area contributed by atoms with Crippen LogP contribution in [0.2, 0.25) is 0 Å². The number of rotatable bonds is 4. The molecule has 3 aromatic heterocycles. The van der Waals surface area contributed by atoms with Crippen molar-refractivity contribution in [3.8, 4) is 11.1 Å². The van der Waals surface area contributed by atoms with Crippen LogP contribution in [0.25, 0.3) is 11.1 Å². The number of hydrogen-bond donors (Lipinski definition) is 0. The van der Waals surface area contributed by atoms with Gasteiger partial charge >= 0.3 is 0 Å². The highest BCUT2D eigenvalue weighted by Crippen LogP contribution is 2.30. The van der Waals surface area contributed by atoms with Crippen LogP contribution in [0.15, 0.2) is 43.1 Å². The molecule has 4 heterocycles. The number of likely N-dealkylation sites (tertiary alicyclic amines) is 1. The van der Waals surface area contributed by atoms with Crippen molar-refractivity contribution >= 4 is 0 Å². The summed E-state index contributed by atoms with van der Waals surface area (Å²) in [4.78, 5) is 15.6. The van der Waals surface area contributed by atoms with Gasteiger partial charge in [0.25, 0.3) is 0 Å².